The first-order valence-corrected chi connectivity index (χ1v) is 10.4. The van der Waals surface area contributed by atoms with Gasteiger partial charge in [-0.05, 0) is 44.2 Å². The number of sulfonamides is 1. The number of benzene rings is 1. The highest BCUT2D eigenvalue weighted by atomic mass is 32.2. The zero-order valence-electron chi connectivity index (χ0n) is 13.3. The molecule has 0 aliphatic heterocycles. The molecule has 0 amide bonds. The third kappa shape index (κ3) is 3.55. The fraction of sp³-hybridized carbons (Fsp3) is 0.438. The molecule has 124 valence electrons. The van der Waals surface area contributed by atoms with Gasteiger partial charge in [0, 0.05) is 16.8 Å². The summed E-state index contributed by atoms with van der Waals surface area (Å²) in [7, 11) is -3.62. The summed E-state index contributed by atoms with van der Waals surface area (Å²) in [6.07, 6.45) is 8.15. The van der Waals surface area contributed by atoms with Gasteiger partial charge in [0.2, 0.25) is 0 Å². The summed E-state index contributed by atoms with van der Waals surface area (Å²) >= 11 is 1.58. The summed E-state index contributed by atoms with van der Waals surface area (Å²) in [5, 5.41) is 4.43. The molecule has 0 spiro atoms. The van der Waals surface area contributed by atoms with Crippen LogP contribution in [0.15, 0.2) is 40.3 Å². The molecule has 0 radical (unpaired) electrons. The molecule has 1 fully saturated rings. The van der Waals surface area contributed by atoms with Crippen molar-refractivity contribution >= 4 is 27.5 Å². The van der Waals surface area contributed by atoms with Gasteiger partial charge in [0.15, 0.2) is 0 Å². The summed E-state index contributed by atoms with van der Waals surface area (Å²) in [4.78, 5) is 1.28. The van der Waals surface area contributed by atoms with Crippen molar-refractivity contribution in [3.05, 3.63) is 36.2 Å². The van der Waals surface area contributed by atoms with E-state index in [2.05, 4.69) is 9.82 Å². The predicted molar refractivity (Wildman–Crippen MR) is 93.5 cm³/mol. The second-order valence-electron chi connectivity index (χ2n) is 5.83. The van der Waals surface area contributed by atoms with Crippen molar-refractivity contribution in [3.63, 3.8) is 0 Å². The van der Waals surface area contributed by atoms with Crippen molar-refractivity contribution < 1.29 is 8.42 Å². The lowest BCUT2D eigenvalue weighted by Gasteiger charge is -2.09. The maximum atomic E-state index is 12.7. The molecule has 0 unspecified atom stereocenters. The Kier molecular flexibility index (Phi) is 4.68. The summed E-state index contributed by atoms with van der Waals surface area (Å²) < 4.78 is 29.8. The van der Waals surface area contributed by atoms with E-state index in [0.29, 0.717) is 17.4 Å². The smallest absolute Gasteiger partial charge is 0.265 e. The minimum Gasteiger partial charge on any atom is -0.279 e. The summed E-state index contributed by atoms with van der Waals surface area (Å²) in [5.41, 5.74) is 1.12. The van der Waals surface area contributed by atoms with Crippen LogP contribution >= 0.6 is 11.8 Å². The minimum atomic E-state index is -3.62. The molecule has 7 heteroatoms. The van der Waals surface area contributed by atoms with Crippen LogP contribution in [0.2, 0.25) is 0 Å². The van der Waals surface area contributed by atoms with Gasteiger partial charge in [-0.1, -0.05) is 18.9 Å². The van der Waals surface area contributed by atoms with Gasteiger partial charge in [0.25, 0.3) is 10.0 Å². The van der Waals surface area contributed by atoms with Gasteiger partial charge >= 0.3 is 0 Å². The monoisotopic (exact) mass is 351 g/mol. The van der Waals surface area contributed by atoms with Crippen LogP contribution in [0.1, 0.15) is 37.4 Å². The number of rotatable bonds is 5. The van der Waals surface area contributed by atoms with Gasteiger partial charge < -0.3 is 0 Å². The van der Waals surface area contributed by atoms with Gasteiger partial charge in [-0.3, -0.25) is 9.40 Å². The number of hydrogen-bond acceptors (Lipinski definition) is 4. The van der Waals surface area contributed by atoms with E-state index in [-0.39, 0.29) is 4.90 Å². The van der Waals surface area contributed by atoms with E-state index in [1.54, 1.807) is 30.9 Å². The van der Waals surface area contributed by atoms with Crippen LogP contribution in [0.3, 0.4) is 0 Å². The molecule has 1 aromatic heterocycles. The van der Waals surface area contributed by atoms with Crippen LogP contribution in [0, 0.1) is 6.92 Å². The lowest BCUT2D eigenvalue weighted by Crippen LogP contribution is -2.13. The normalized spacial score (nSPS) is 15.9. The minimum absolute atomic E-state index is 0.263. The number of hydrogen-bond donors (Lipinski definition) is 1. The summed E-state index contributed by atoms with van der Waals surface area (Å²) in [6.45, 7) is 1.75. The Labute approximate surface area is 141 Å². The van der Waals surface area contributed by atoms with Crippen molar-refractivity contribution in [3.8, 4) is 0 Å². The Bertz CT molecular complexity index is 793. The van der Waals surface area contributed by atoms with Gasteiger partial charge in [0.1, 0.15) is 4.90 Å². The molecule has 1 saturated carbocycles. The van der Waals surface area contributed by atoms with Crippen LogP contribution in [0.4, 0.5) is 5.69 Å². The molecule has 1 heterocycles. The lowest BCUT2D eigenvalue weighted by molar-refractivity contribution is 0.464. The lowest BCUT2D eigenvalue weighted by atomic mass is 10.3. The number of aryl methyl sites for hydroxylation is 1. The Morgan fingerprint density at radius 1 is 1.30 bits per heavy atom. The fourth-order valence-corrected chi connectivity index (χ4v) is 4.66. The molecule has 3 rings (SSSR count). The average molecular weight is 351 g/mol. The van der Waals surface area contributed by atoms with Crippen molar-refractivity contribution in [2.75, 3.05) is 11.0 Å². The third-order valence-electron chi connectivity index (χ3n) is 4.18. The standard InChI is InChI=1S/C16H21N3O2S2/c1-12-16(11-19(17-12)14-7-3-4-8-14)23(20,21)18-13-6-5-9-15(10-13)22-2/h5-6,9-11,14,18H,3-4,7-8H2,1-2H3. The van der Waals surface area contributed by atoms with E-state index >= 15 is 0 Å². The van der Waals surface area contributed by atoms with Crippen molar-refractivity contribution in [2.24, 2.45) is 0 Å². The van der Waals surface area contributed by atoms with E-state index in [1.165, 1.54) is 12.8 Å². The van der Waals surface area contributed by atoms with E-state index in [9.17, 15) is 8.42 Å². The van der Waals surface area contributed by atoms with Crippen LogP contribution in [-0.2, 0) is 10.0 Å². The molecular weight excluding hydrogens is 330 g/mol. The molecule has 23 heavy (non-hydrogen) atoms. The van der Waals surface area contributed by atoms with Crippen LogP contribution in [0.25, 0.3) is 0 Å². The number of thioether (sulfide) groups is 1. The van der Waals surface area contributed by atoms with Gasteiger partial charge in [-0.15, -0.1) is 11.8 Å². The zero-order chi connectivity index (χ0) is 16.4. The van der Waals surface area contributed by atoms with E-state index < -0.39 is 10.0 Å². The van der Waals surface area contributed by atoms with Crippen molar-refractivity contribution in [1.29, 1.82) is 0 Å². The first-order valence-electron chi connectivity index (χ1n) is 7.72. The Morgan fingerprint density at radius 3 is 2.74 bits per heavy atom. The second kappa shape index (κ2) is 6.57. The summed E-state index contributed by atoms with van der Waals surface area (Å²) in [6, 6.07) is 7.72. The Morgan fingerprint density at radius 2 is 2.04 bits per heavy atom. The van der Waals surface area contributed by atoms with Crippen molar-refractivity contribution in [2.45, 2.75) is 48.4 Å². The molecule has 1 aliphatic rings. The molecule has 0 bridgehead atoms. The van der Waals surface area contributed by atoms with Crippen LogP contribution in [0.5, 0.6) is 0 Å². The predicted octanol–water partition coefficient (Wildman–Crippen LogP) is 3.83. The summed E-state index contributed by atoms with van der Waals surface area (Å²) in [5.74, 6) is 0. The van der Waals surface area contributed by atoms with Gasteiger partial charge in [0.05, 0.1) is 11.7 Å². The molecule has 1 aromatic carbocycles. The molecular formula is C16H21N3O2S2. The molecule has 5 nitrogen and oxygen atoms in total. The first-order chi connectivity index (χ1) is 11.0. The van der Waals surface area contributed by atoms with E-state index in [0.717, 1.165) is 17.7 Å². The average Bonchev–Trinajstić information content (AvgIpc) is 3.16. The highest BCUT2D eigenvalue weighted by Gasteiger charge is 2.24. The molecule has 0 saturated heterocycles. The van der Waals surface area contributed by atoms with Crippen LogP contribution < -0.4 is 4.72 Å². The molecule has 1 aliphatic carbocycles. The molecule has 2 aromatic rings. The van der Waals surface area contributed by atoms with Gasteiger partial charge in [-0.2, -0.15) is 5.10 Å². The number of anilines is 1. The molecule has 1 N–H and O–H groups in total. The largest absolute Gasteiger partial charge is 0.279 e. The SMILES string of the molecule is CSc1cccc(NS(=O)(=O)c2cn(C3CCCC3)nc2C)c1. The zero-order valence-corrected chi connectivity index (χ0v) is 15.0. The third-order valence-corrected chi connectivity index (χ3v) is 6.39. The van der Waals surface area contributed by atoms with E-state index in [1.807, 2.05) is 29.1 Å². The Balaban J connectivity index is 1.87. The second-order valence-corrected chi connectivity index (χ2v) is 8.36. The Hall–Kier alpha value is -1.47. The maximum Gasteiger partial charge on any atom is 0.265 e. The maximum absolute atomic E-state index is 12.7. The quantitative estimate of drug-likeness (QED) is 0.832. The van der Waals surface area contributed by atoms with E-state index in [4.69, 9.17) is 0 Å². The number of nitrogens with one attached hydrogen (secondary N) is 1. The topological polar surface area (TPSA) is 64.0 Å². The van der Waals surface area contributed by atoms with Gasteiger partial charge in [-0.25, -0.2) is 8.42 Å². The fourth-order valence-electron chi connectivity index (χ4n) is 2.98. The molecule has 0 atom stereocenters. The highest BCUT2D eigenvalue weighted by molar-refractivity contribution is 7.98. The first kappa shape index (κ1) is 16.4. The van der Waals surface area contributed by atoms with Crippen LogP contribution in [-0.4, -0.2) is 24.5 Å². The highest BCUT2D eigenvalue weighted by Crippen LogP contribution is 2.30. The number of aromatic nitrogens is 2. The van der Waals surface area contributed by atoms with Crippen molar-refractivity contribution in [1.82, 2.24) is 9.78 Å². The number of nitrogens with zero attached hydrogens (tertiary/aromatic N) is 2.